The molecule has 0 unspecified atom stereocenters. The smallest absolute Gasteiger partial charge is 0.261 e. The van der Waals surface area contributed by atoms with Crippen LogP contribution in [-0.2, 0) is 21.3 Å². The molecule has 1 heterocycles. The van der Waals surface area contributed by atoms with Gasteiger partial charge < -0.3 is 19.5 Å². The Kier molecular flexibility index (Phi) is 12.9. The molecule has 3 aromatic rings. The van der Waals surface area contributed by atoms with Crippen LogP contribution in [0.4, 0.5) is 5.69 Å². The first-order valence-corrected chi connectivity index (χ1v) is 17.7. The molecule has 46 heavy (non-hydrogen) atoms. The van der Waals surface area contributed by atoms with Gasteiger partial charge in [0.2, 0.25) is 0 Å². The number of sulfonamides is 1. The second-order valence-electron chi connectivity index (χ2n) is 12.3. The van der Waals surface area contributed by atoms with Crippen molar-refractivity contribution in [1.82, 2.24) is 9.80 Å². The standard InChI is InChI=1S/C35H46ClN3O6S/c1-25-21-39(26(2)24-40)35(41)32-20-30(37-46(42,43)31-16-13-29(36)14-17-31)15-18-33(32)45-27(3)10-8-9-19-44-34(25)23-38(4)22-28-11-6-5-7-12-28/h5-7,11-18,20,25-27,34,37,40H,8-10,19,21-24H2,1-4H3/t25-,26+,27+,34+/m1/s1. The predicted molar refractivity (Wildman–Crippen MR) is 182 cm³/mol. The second-order valence-corrected chi connectivity index (χ2v) is 14.4. The molecule has 0 saturated carbocycles. The molecule has 0 aliphatic carbocycles. The predicted octanol–water partition coefficient (Wildman–Crippen LogP) is 6.07. The lowest BCUT2D eigenvalue weighted by Gasteiger charge is -2.36. The van der Waals surface area contributed by atoms with E-state index in [0.717, 1.165) is 25.8 Å². The van der Waals surface area contributed by atoms with Gasteiger partial charge in [-0.3, -0.25) is 14.4 Å². The van der Waals surface area contributed by atoms with Crippen LogP contribution in [0, 0.1) is 5.92 Å². The highest BCUT2D eigenvalue weighted by molar-refractivity contribution is 7.92. The van der Waals surface area contributed by atoms with E-state index in [1.807, 2.05) is 25.1 Å². The maximum atomic E-state index is 14.3. The quantitative estimate of drug-likeness (QED) is 0.284. The number of carbonyl (C=O) groups is 1. The highest BCUT2D eigenvalue weighted by Crippen LogP contribution is 2.30. The number of halogens is 1. The number of aliphatic hydroxyl groups excluding tert-OH is 1. The van der Waals surface area contributed by atoms with Gasteiger partial charge in [0, 0.05) is 42.9 Å². The number of hydrogen-bond acceptors (Lipinski definition) is 7. The summed E-state index contributed by atoms with van der Waals surface area (Å²) in [5.41, 5.74) is 1.64. The molecule has 9 nitrogen and oxygen atoms in total. The molecular formula is C35H46ClN3O6S. The minimum Gasteiger partial charge on any atom is -0.490 e. The molecule has 3 aromatic carbocycles. The Balaban J connectivity index is 1.64. The highest BCUT2D eigenvalue weighted by Gasteiger charge is 2.30. The molecule has 0 aromatic heterocycles. The van der Waals surface area contributed by atoms with Crippen LogP contribution < -0.4 is 9.46 Å². The molecule has 250 valence electrons. The van der Waals surface area contributed by atoms with E-state index in [-0.39, 0.29) is 46.8 Å². The first-order valence-electron chi connectivity index (χ1n) is 15.8. The third-order valence-electron chi connectivity index (χ3n) is 8.21. The molecule has 0 fully saturated rings. The first-order chi connectivity index (χ1) is 22.0. The summed E-state index contributed by atoms with van der Waals surface area (Å²) in [5.74, 6) is -0.0761. The van der Waals surface area contributed by atoms with Crippen molar-refractivity contribution in [1.29, 1.82) is 0 Å². The normalized spacial score (nSPS) is 20.8. The number of rotatable bonds is 9. The molecular weight excluding hydrogens is 626 g/mol. The van der Waals surface area contributed by atoms with Crippen molar-refractivity contribution in [2.45, 2.75) is 69.7 Å². The van der Waals surface area contributed by atoms with Crippen molar-refractivity contribution in [2.24, 2.45) is 5.92 Å². The van der Waals surface area contributed by atoms with Gasteiger partial charge in [0.1, 0.15) is 5.75 Å². The Morgan fingerprint density at radius 2 is 1.78 bits per heavy atom. The van der Waals surface area contributed by atoms with E-state index < -0.39 is 16.1 Å². The molecule has 1 aliphatic rings. The second kappa shape index (κ2) is 16.6. The van der Waals surface area contributed by atoms with Gasteiger partial charge in [-0.25, -0.2) is 8.42 Å². The minimum atomic E-state index is -3.95. The summed E-state index contributed by atoms with van der Waals surface area (Å²) in [5, 5.41) is 10.6. The summed E-state index contributed by atoms with van der Waals surface area (Å²) in [4.78, 5) is 18.2. The molecule has 0 saturated heterocycles. The fourth-order valence-electron chi connectivity index (χ4n) is 5.54. The Morgan fingerprint density at radius 1 is 1.07 bits per heavy atom. The van der Waals surface area contributed by atoms with Gasteiger partial charge in [-0.1, -0.05) is 48.9 Å². The number of benzene rings is 3. The minimum absolute atomic E-state index is 0.0424. The lowest BCUT2D eigenvalue weighted by molar-refractivity contribution is -0.0177. The maximum Gasteiger partial charge on any atom is 0.261 e. The van der Waals surface area contributed by atoms with Crippen molar-refractivity contribution in [3.8, 4) is 5.75 Å². The molecule has 0 radical (unpaired) electrons. The Hall–Kier alpha value is -3.15. The Bertz CT molecular complexity index is 1520. The third kappa shape index (κ3) is 9.92. The summed E-state index contributed by atoms with van der Waals surface area (Å²) >= 11 is 5.95. The molecule has 0 bridgehead atoms. The number of carbonyl (C=O) groups excluding carboxylic acids is 1. The third-order valence-corrected chi connectivity index (χ3v) is 9.86. The van der Waals surface area contributed by atoms with Gasteiger partial charge in [0.15, 0.2) is 0 Å². The number of ether oxygens (including phenoxy) is 2. The molecule has 11 heteroatoms. The number of hydrogen-bond donors (Lipinski definition) is 2. The Labute approximate surface area is 278 Å². The number of anilines is 1. The van der Waals surface area contributed by atoms with Crippen LogP contribution in [-0.4, -0.2) is 80.8 Å². The maximum absolute atomic E-state index is 14.3. The molecule has 4 rings (SSSR count). The van der Waals surface area contributed by atoms with Crippen LogP contribution in [0.2, 0.25) is 5.02 Å². The van der Waals surface area contributed by atoms with Gasteiger partial charge in [-0.15, -0.1) is 0 Å². The van der Waals surface area contributed by atoms with Gasteiger partial charge in [0.05, 0.1) is 35.3 Å². The van der Waals surface area contributed by atoms with Crippen molar-refractivity contribution in [2.75, 3.05) is 38.1 Å². The van der Waals surface area contributed by atoms with Gasteiger partial charge in [-0.05, 0) is 88.2 Å². The number of likely N-dealkylation sites (N-methyl/N-ethyl adjacent to an activating group) is 1. The van der Waals surface area contributed by atoms with Crippen LogP contribution in [0.5, 0.6) is 5.75 Å². The highest BCUT2D eigenvalue weighted by atomic mass is 35.5. The zero-order valence-corrected chi connectivity index (χ0v) is 28.6. The van der Waals surface area contributed by atoms with Crippen molar-refractivity contribution in [3.05, 3.63) is 88.9 Å². The van der Waals surface area contributed by atoms with Crippen LogP contribution in [0.25, 0.3) is 0 Å². The van der Waals surface area contributed by atoms with Crippen LogP contribution in [0.15, 0.2) is 77.7 Å². The number of nitrogens with zero attached hydrogens (tertiary/aromatic N) is 2. The van der Waals surface area contributed by atoms with E-state index in [0.29, 0.717) is 30.5 Å². The fourth-order valence-corrected chi connectivity index (χ4v) is 6.72. The average Bonchev–Trinajstić information content (AvgIpc) is 3.03. The van der Waals surface area contributed by atoms with Crippen LogP contribution in [0.1, 0.15) is 56.0 Å². The van der Waals surface area contributed by atoms with Gasteiger partial charge in [-0.2, -0.15) is 0 Å². The Morgan fingerprint density at radius 3 is 2.48 bits per heavy atom. The van der Waals surface area contributed by atoms with Crippen molar-refractivity contribution >= 4 is 33.2 Å². The van der Waals surface area contributed by atoms with Gasteiger partial charge >= 0.3 is 0 Å². The number of fused-ring (bicyclic) bond motifs is 1. The zero-order chi connectivity index (χ0) is 33.3. The summed E-state index contributed by atoms with van der Waals surface area (Å²) in [6, 6.07) is 20.3. The van der Waals surface area contributed by atoms with E-state index in [1.165, 1.54) is 35.9 Å². The van der Waals surface area contributed by atoms with E-state index in [1.54, 1.807) is 24.0 Å². The SMILES string of the molecule is C[C@@H]1CN([C@@H](C)CO)C(=O)c2cc(NS(=O)(=O)c3ccc(Cl)cc3)ccc2O[C@@H](C)CCCCO[C@H]1CN(C)Cc1ccccc1. The van der Waals surface area contributed by atoms with Crippen molar-refractivity contribution < 1.29 is 27.8 Å². The monoisotopic (exact) mass is 671 g/mol. The number of aliphatic hydroxyl groups is 1. The van der Waals surface area contributed by atoms with E-state index in [4.69, 9.17) is 21.1 Å². The van der Waals surface area contributed by atoms with E-state index >= 15 is 0 Å². The first kappa shape index (κ1) is 35.7. The number of nitrogens with one attached hydrogen (secondary N) is 1. The summed E-state index contributed by atoms with van der Waals surface area (Å²) < 4.78 is 41.6. The topological polar surface area (TPSA) is 108 Å². The van der Waals surface area contributed by atoms with Crippen LogP contribution >= 0.6 is 11.6 Å². The largest absolute Gasteiger partial charge is 0.490 e. The summed E-state index contributed by atoms with van der Waals surface area (Å²) in [7, 11) is -1.89. The van der Waals surface area contributed by atoms with Gasteiger partial charge in [0.25, 0.3) is 15.9 Å². The van der Waals surface area contributed by atoms with E-state index in [2.05, 4.69) is 35.7 Å². The number of amides is 1. The summed E-state index contributed by atoms with van der Waals surface area (Å²) in [6.45, 7) is 7.91. The zero-order valence-electron chi connectivity index (χ0n) is 27.1. The lowest BCUT2D eigenvalue weighted by atomic mass is 10.0. The van der Waals surface area contributed by atoms with Crippen LogP contribution in [0.3, 0.4) is 0 Å². The summed E-state index contributed by atoms with van der Waals surface area (Å²) in [6.07, 6.45) is 2.16. The molecule has 1 aliphatic heterocycles. The molecule has 0 spiro atoms. The fraction of sp³-hybridized carbons (Fsp3) is 0.457. The average molecular weight is 672 g/mol. The van der Waals surface area contributed by atoms with Crippen molar-refractivity contribution in [3.63, 3.8) is 0 Å². The van der Waals surface area contributed by atoms with E-state index in [9.17, 15) is 18.3 Å². The lowest BCUT2D eigenvalue weighted by Crippen LogP contribution is -2.47. The molecule has 4 atom stereocenters. The molecule has 2 N–H and O–H groups in total. The molecule has 1 amide bonds.